The molecule has 1 N–H and O–H groups in total. The highest BCUT2D eigenvalue weighted by atomic mass is 16.6. The summed E-state index contributed by atoms with van der Waals surface area (Å²) >= 11 is 0. The van der Waals surface area contributed by atoms with E-state index in [1.54, 1.807) is 20.8 Å². The van der Waals surface area contributed by atoms with Gasteiger partial charge in [0.2, 0.25) is 5.89 Å². The fraction of sp³-hybridized carbons (Fsp3) is 0.615. The van der Waals surface area contributed by atoms with Gasteiger partial charge in [0.1, 0.15) is 5.60 Å². The SMILES string of the molecule is C#CCCn1nc(CCNC(=O)OC(C)(C)C)oc1=O. The fourth-order valence-corrected chi connectivity index (χ4v) is 1.35. The van der Waals surface area contributed by atoms with Crippen LogP contribution >= 0.6 is 0 Å². The lowest BCUT2D eigenvalue weighted by Crippen LogP contribution is -2.33. The van der Waals surface area contributed by atoms with E-state index < -0.39 is 17.5 Å². The summed E-state index contributed by atoms with van der Waals surface area (Å²) in [5.74, 6) is 2.12. The van der Waals surface area contributed by atoms with E-state index in [-0.39, 0.29) is 12.4 Å². The van der Waals surface area contributed by atoms with Crippen LogP contribution in [-0.2, 0) is 17.7 Å². The molecule has 1 amide bonds. The van der Waals surface area contributed by atoms with Crippen molar-refractivity contribution in [3.8, 4) is 12.3 Å². The Hall–Kier alpha value is -2.23. The Bertz CT molecular complexity index is 545. The zero-order valence-electron chi connectivity index (χ0n) is 11.9. The normalized spacial score (nSPS) is 10.9. The second-order valence-corrected chi connectivity index (χ2v) is 5.12. The molecule has 110 valence electrons. The maximum atomic E-state index is 11.4. The predicted octanol–water partition coefficient (Wildman–Crippen LogP) is 0.927. The number of aromatic nitrogens is 2. The van der Waals surface area contributed by atoms with E-state index >= 15 is 0 Å². The molecular formula is C13H19N3O4. The van der Waals surface area contributed by atoms with Gasteiger partial charge in [0.25, 0.3) is 0 Å². The molecule has 0 aromatic carbocycles. The molecule has 1 rings (SSSR count). The van der Waals surface area contributed by atoms with Gasteiger partial charge in [-0.3, -0.25) is 0 Å². The molecule has 7 nitrogen and oxygen atoms in total. The van der Waals surface area contributed by atoms with Crippen LogP contribution in [0.2, 0.25) is 0 Å². The molecular weight excluding hydrogens is 262 g/mol. The lowest BCUT2D eigenvalue weighted by atomic mass is 10.2. The Kier molecular flexibility index (Phi) is 5.38. The van der Waals surface area contributed by atoms with Crippen LogP contribution in [0.5, 0.6) is 0 Å². The Labute approximate surface area is 117 Å². The van der Waals surface area contributed by atoms with E-state index in [2.05, 4.69) is 16.3 Å². The highest BCUT2D eigenvalue weighted by molar-refractivity contribution is 5.67. The van der Waals surface area contributed by atoms with Gasteiger partial charge in [0.05, 0.1) is 6.54 Å². The monoisotopic (exact) mass is 281 g/mol. The maximum Gasteiger partial charge on any atom is 0.437 e. The lowest BCUT2D eigenvalue weighted by molar-refractivity contribution is 0.0528. The van der Waals surface area contributed by atoms with E-state index in [1.165, 1.54) is 4.68 Å². The van der Waals surface area contributed by atoms with E-state index in [4.69, 9.17) is 15.6 Å². The van der Waals surface area contributed by atoms with Crippen LogP contribution in [-0.4, -0.2) is 28.0 Å². The van der Waals surface area contributed by atoms with Crippen LogP contribution in [0.3, 0.4) is 0 Å². The van der Waals surface area contributed by atoms with Gasteiger partial charge < -0.3 is 14.5 Å². The highest BCUT2D eigenvalue weighted by Gasteiger charge is 2.16. The first-order valence-electron chi connectivity index (χ1n) is 6.29. The van der Waals surface area contributed by atoms with Gasteiger partial charge in [-0.25, -0.2) is 9.59 Å². The second-order valence-electron chi connectivity index (χ2n) is 5.12. The molecule has 0 bridgehead atoms. The van der Waals surface area contributed by atoms with E-state index in [0.29, 0.717) is 19.4 Å². The first-order valence-corrected chi connectivity index (χ1v) is 6.29. The summed E-state index contributed by atoms with van der Waals surface area (Å²) in [5, 5.41) is 6.52. The van der Waals surface area contributed by atoms with E-state index in [0.717, 1.165) is 0 Å². The molecule has 0 unspecified atom stereocenters. The van der Waals surface area contributed by atoms with Crippen LogP contribution in [0.4, 0.5) is 4.79 Å². The van der Waals surface area contributed by atoms with Crippen LogP contribution in [0.15, 0.2) is 9.21 Å². The molecule has 0 aliphatic heterocycles. The van der Waals surface area contributed by atoms with Crippen molar-refractivity contribution in [1.82, 2.24) is 15.1 Å². The predicted molar refractivity (Wildman–Crippen MR) is 72.2 cm³/mol. The fourth-order valence-electron chi connectivity index (χ4n) is 1.35. The molecule has 0 atom stereocenters. The molecule has 0 aliphatic carbocycles. The summed E-state index contributed by atoms with van der Waals surface area (Å²) in [6.45, 7) is 5.92. The molecule has 0 saturated carbocycles. The summed E-state index contributed by atoms with van der Waals surface area (Å²) in [5.41, 5.74) is -0.548. The number of carbonyl (C=O) groups excluding carboxylic acids is 1. The van der Waals surface area contributed by atoms with Gasteiger partial charge in [-0.05, 0) is 20.8 Å². The van der Waals surface area contributed by atoms with Crippen molar-refractivity contribution in [2.24, 2.45) is 0 Å². The minimum absolute atomic E-state index is 0.253. The summed E-state index contributed by atoms with van der Waals surface area (Å²) in [4.78, 5) is 22.8. The molecule has 0 aliphatic rings. The lowest BCUT2D eigenvalue weighted by Gasteiger charge is -2.19. The number of aryl methyl sites for hydroxylation is 1. The van der Waals surface area contributed by atoms with E-state index in [1.807, 2.05) is 0 Å². The number of rotatable bonds is 5. The Morgan fingerprint density at radius 1 is 1.55 bits per heavy atom. The topological polar surface area (TPSA) is 86.4 Å². The molecule has 1 aromatic heterocycles. The number of hydrogen-bond acceptors (Lipinski definition) is 5. The van der Waals surface area contributed by atoms with Gasteiger partial charge >= 0.3 is 11.8 Å². The third-order valence-electron chi connectivity index (χ3n) is 2.12. The van der Waals surface area contributed by atoms with Crippen LogP contribution in [0.25, 0.3) is 0 Å². The Balaban J connectivity index is 2.41. The van der Waals surface area contributed by atoms with Gasteiger partial charge in [0, 0.05) is 19.4 Å². The van der Waals surface area contributed by atoms with Crippen molar-refractivity contribution in [3.63, 3.8) is 0 Å². The maximum absolute atomic E-state index is 11.4. The molecule has 1 aromatic rings. The highest BCUT2D eigenvalue weighted by Crippen LogP contribution is 2.06. The number of hydrogen-bond donors (Lipinski definition) is 1. The number of ether oxygens (including phenoxy) is 1. The molecule has 0 spiro atoms. The molecule has 0 radical (unpaired) electrons. The standard InChI is InChI=1S/C13H19N3O4/c1-5-6-9-16-12(18)19-10(15-16)7-8-14-11(17)20-13(2,3)4/h1H,6-9H2,2-4H3,(H,14,17). The average Bonchev–Trinajstić information content (AvgIpc) is 2.65. The zero-order chi connectivity index (χ0) is 15.2. The smallest absolute Gasteiger partial charge is 0.437 e. The van der Waals surface area contributed by atoms with Gasteiger partial charge in [0.15, 0.2) is 0 Å². The second kappa shape index (κ2) is 6.80. The van der Waals surface area contributed by atoms with Gasteiger partial charge in [-0.2, -0.15) is 4.68 Å². The van der Waals surface area contributed by atoms with Crippen molar-refractivity contribution in [2.75, 3.05) is 6.54 Å². The number of nitrogens with zero attached hydrogens (tertiary/aromatic N) is 2. The van der Waals surface area contributed by atoms with Crippen molar-refractivity contribution in [2.45, 2.75) is 45.8 Å². The van der Waals surface area contributed by atoms with Gasteiger partial charge in [-0.1, -0.05) is 0 Å². The van der Waals surface area contributed by atoms with Crippen LogP contribution in [0.1, 0.15) is 33.1 Å². The minimum atomic E-state index is -0.549. The summed E-state index contributed by atoms with van der Waals surface area (Å²) in [6.07, 6.45) is 5.30. The zero-order valence-corrected chi connectivity index (χ0v) is 11.9. The minimum Gasteiger partial charge on any atom is -0.444 e. The first kappa shape index (κ1) is 15.8. The van der Waals surface area contributed by atoms with Crippen LogP contribution < -0.4 is 11.1 Å². The molecule has 7 heteroatoms. The third kappa shape index (κ3) is 5.61. The molecule has 20 heavy (non-hydrogen) atoms. The van der Waals surface area contributed by atoms with Crippen molar-refractivity contribution in [3.05, 3.63) is 16.4 Å². The van der Waals surface area contributed by atoms with Crippen LogP contribution in [0, 0.1) is 12.3 Å². The Morgan fingerprint density at radius 2 is 2.25 bits per heavy atom. The van der Waals surface area contributed by atoms with Crippen molar-refractivity contribution >= 4 is 6.09 Å². The largest absolute Gasteiger partial charge is 0.444 e. The number of nitrogens with one attached hydrogen (secondary N) is 1. The first-order chi connectivity index (χ1) is 9.31. The molecule has 1 heterocycles. The van der Waals surface area contributed by atoms with Crippen molar-refractivity contribution < 1.29 is 13.9 Å². The van der Waals surface area contributed by atoms with E-state index in [9.17, 15) is 9.59 Å². The third-order valence-corrected chi connectivity index (χ3v) is 2.12. The summed E-state index contributed by atoms with van der Waals surface area (Å²) in [7, 11) is 0. The average molecular weight is 281 g/mol. The summed E-state index contributed by atoms with van der Waals surface area (Å²) < 4.78 is 11.2. The number of amides is 1. The number of carbonyl (C=O) groups is 1. The van der Waals surface area contributed by atoms with Crippen molar-refractivity contribution in [1.29, 1.82) is 0 Å². The Morgan fingerprint density at radius 3 is 2.85 bits per heavy atom. The van der Waals surface area contributed by atoms with Gasteiger partial charge in [-0.15, -0.1) is 17.4 Å². The molecule has 0 fully saturated rings. The molecule has 0 saturated heterocycles. The number of alkyl carbamates (subject to hydrolysis) is 1. The number of terminal acetylenes is 1. The summed E-state index contributed by atoms with van der Waals surface area (Å²) in [6, 6.07) is 0. The quantitative estimate of drug-likeness (QED) is 0.811.